The number of nitrogens with zero attached hydrogens (tertiary/aromatic N) is 1. The minimum Gasteiger partial charge on any atom is -0.480 e. The SMILES string of the molecule is CCOC(=O)CC(NC(=O)c1cnc(OC)c(Cl)c1)c1ccccc1C. The maximum Gasteiger partial charge on any atom is 0.308 e. The summed E-state index contributed by atoms with van der Waals surface area (Å²) >= 11 is 6.04. The number of ether oxygens (including phenoxy) is 2. The molecule has 0 radical (unpaired) electrons. The molecule has 0 spiro atoms. The third-order valence-corrected chi connectivity index (χ3v) is 4.08. The van der Waals surface area contributed by atoms with E-state index in [9.17, 15) is 9.59 Å². The van der Waals surface area contributed by atoms with E-state index in [1.807, 2.05) is 31.2 Å². The van der Waals surface area contributed by atoms with Crippen LogP contribution in [0.15, 0.2) is 36.5 Å². The van der Waals surface area contributed by atoms with Gasteiger partial charge in [-0.3, -0.25) is 9.59 Å². The number of hydrogen-bond acceptors (Lipinski definition) is 5. The zero-order chi connectivity index (χ0) is 19.1. The molecule has 0 saturated carbocycles. The molecule has 1 aromatic heterocycles. The van der Waals surface area contributed by atoms with E-state index in [1.165, 1.54) is 19.4 Å². The van der Waals surface area contributed by atoms with Crippen LogP contribution in [0.25, 0.3) is 0 Å². The first-order chi connectivity index (χ1) is 12.5. The Bertz CT molecular complexity index is 795. The summed E-state index contributed by atoms with van der Waals surface area (Å²) < 4.78 is 10.0. The minimum absolute atomic E-state index is 0.0295. The van der Waals surface area contributed by atoms with Crippen molar-refractivity contribution < 1.29 is 19.1 Å². The fourth-order valence-corrected chi connectivity index (χ4v) is 2.79. The van der Waals surface area contributed by atoms with Crippen molar-refractivity contribution in [1.29, 1.82) is 0 Å². The first-order valence-electron chi connectivity index (χ1n) is 8.17. The highest BCUT2D eigenvalue weighted by Gasteiger charge is 2.22. The topological polar surface area (TPSA) is 77.5 Å². The molecule has 0 fully saturated rings. The standard InChI is InChI=1S/C19H21ClN2O4/c1-4-26-17(23)10-16(14-8-6-5-7-12(14)2)22-18(24)13-9-15(20)19(25-3)21-11-13/h5-9,11,16H,4,10H2,1-3H3,(H,22,24). The molecule has 2 rings (SSSR count). The fourth-order valence-electron chi connectivity index (χ4n) is 2.54. The van der Waals surface area contributed by atoms with E-state index in [2.05, 4.69) is 10.3 Å². The Morgan fingerprint density at radius 2 is 2.04 bits per heavy atom. The number of amides is 1. The third kappa shape index (κ3) is 4.95. The molecule has 1 N–H and O–H groups in total. The van der Waals surface area contributed by atoms with Gasteiger partial charge in [-0.25, -0.2) is 4.98 Å². The zero-order valence-electron chi connectivity index (χ0n) is 14.9. The Labute approximate surface area is 157 Å². The van der Waals surface area contributed by atoms with Gasteiger partial charge in [0.15, 0.2) is 0 Å². The van der Waals surface area contributed by atoms with Crippen LogP contribution in [0, 0.1) is 6.92 Å². The lowest BCUT2D eigenvalue weighted by Crippen LogP contribution is -2.31. The highest BCUT2D eigenvalue weighted by atomic mass is 35.5. The van der Waals surface area contributed by atoms with Crippen LogP contribution in [0.3, 0.4) is 0 Å². The molecule has 26 heavy (non-hydrogen) atoms. The molecule has 6 nitrogen and oxygen atoms in total. The third-order valence-electron chi connectivity index (χ3n) is 3.81. The molecule has 1 amide bonds. The number of carbonyl (C=O) groups is 2. The van der Waals surface area contributed by atoms with Gasteiger partial charge >= 0.3 is 5.97 Å². The van der Waals surface area contributed by atoms with Crippen molar-refractivity contribution >= 4 is 23.5 Å². The summed E-state index contributed by atoms with van der Waals surface area (Å²) in [5.41, 5.74) is 2.09. The quantitative estimate of drug-likeness (QED) is 0.748. The summed E-state index contributed by atoms with van der Waals surface area (Å²) in [5.74, 6) is -0.531. The average Bonchev–Trinajstić information content (AvgIpc) is 2.61. The van der Waals surface area contributed by atoms with Gasteiger partial charge < -0.3 is 14.8 Å². The van der Waals surface area contributed by atoms with E-state index in [-0.39, 0.29) is 41.4 Å². The van der Waals surface area contributed by atoms with Gasteiger partial charge in [-0.15, -0.1) is 0 Å². The lowest BCUT2D eigenvalue weighted by atomic mass is 9.98. The largest absolute Gasteiger partial charge is 0.480 e. The zero-order valence-corrected chi connectivity index (χ0v) is 15.7. The first kappa shape index (κ1) is 19.7. The summed E-state index contributed by atoms with van der Waals surface area (Å²) in [6, 6.07) is 8.50. The van der Waals surface area contributed by atoms with Crippen molar-refractivity contribution in [2.45, 2.75) is 26.3 Å². The number of rotatable bonds is 7. The Balaban J connectivity index is 2.25. The Morgan fingerprint density at radius 1 is 1.31 bits per heavy atom. The molecule has 138 valence electrons. The highest BCUT2D eigenvalue weighted by molar-refractivity contribution is 6.32. The lowest BCUT2D eigenvalue weighted by molar-refractivity contribution is -0.143. The summed E-state index contributed by atoms with van der Waals surface area (Å²) in [6.45, 7) is 3.95. The average molecular weight is 377 g/mol. The maximum absolute atomic E-state index is 12.6. The lowest BCUT2D eigenvalue weighted by Gasteiger charge is -2.20. The summed E-state index contributed by atoms with van der Waals surface area (Å²) in [4.78, 5) is 28.6. The smallest absolute Gasteiger partial charge is 0.308 e. The van der Waals surface area contributed by atoms with Crippen molar-refractivity contribution in [3.63, 3.8) is 0 Å². The second kappa shape index (κ2) is 9.20. The molecule has 7 heteroatoms. The van der Waals surface area contributed by atoms with Crippen LogP contribution < -0.4 is 10.1 Å². The second-order valence-electron chi connectivity index (χ2n) is 5.61. The Kier molecular flexibility index (Phi) is 6.97. The maximum atomic E-state index is 12.6. The van der Waals surface area contributed by atoms with E-state index >= 15 is 0 Å². The predicted octanol–water partition coefficient (Wildman–Crippen LogP) is 3.48. The molecule has 0 bridgehead atoms. The summed E-state index contributed by atoms with van der Waals surface area (Å²) in [7, 11) is 1.45. The van der Waals surface area contributed by atoms with Gasteiger partial charge in [0.2, 0.25) is 5.88 Å². The van der Waals surface area contributed by atoms with Gasteiger partial charge in [0.25, 0.3) is 5.91 Å². The number of nitrogens with one attached hydrogen (secondary N) is 1. The number of carbonyl (C=O) groups excluding carboxylic acids is 2. The van der Waals surface area contributed by atoms with E-state index in [1.54, 1.807) is 6.92 Å². The van der Waals surface area contributed by atoms with Gasteiger partial charge in [-0.05, 0) is 31.0 Å². The van der Waals surface area contributed by atoms with Crippen molar-refractivity contribution in [2.24, 2.45) is 0 Å². The number of esters is 1. The monoisotopic (exact) mass is 376 g/mol. The van der Waals surface area contributed by atoms with Crippen LogP contribution >= 0.6 is 11.6 Å². The Hall–Kier alpha value is -2.60. The molecule has 0 aliphatic carbocycles. The molecule has 0 saturated heterocycles. The predicted molar refractivity (Wildman–Crippen MR) is 98.4 cm³/mol. The van der Waals surface area contributed by atoms with E-state index < -0.39 is 6.04 Å². The van der Waals surface area contributed by atoms with Crippen LogP contribution in [-0.4, -0.2) is 30.6 Å². The van der Waals surface area contributed by atoms with E-state index in [0.29, 0.717) is 0 Å². The number of hydrogen-bond donors (Lipinski definition) is 1. The van der Waals surface area contributed by atoms with Crippen LogP contribution in [0.5, 0.6) is 5.88 Å². The van der Waals surface area contributed by atoms with Gasteiger partial charge in [-0.1, -0.05) is 35.9 Å². The number of benzene rings is 1. The molecule has 1 aromatic carbocycles. The van der Waals surface area contributed by atoms with Crippen LogP contribution in [0.1, 0.15) is 40.9 Å². The van der Waals surface area contributed by atoms with E-state index in [4.69, 9.17) is 21.1 Å². The molecular weight excluding hydrogens is 356 g/mol. The molecular formula is C19H21ClN2O4. The minimum atomic E-state index is -0.524. The van der Waals surface area contributed by atoms with E-state index in [0.717, 1.165) is 11.1 Å². The van der Waals surface area contributed by atoms with Crippen LogP contribution in [0.4, 0.5) is 0 Å². The number of pyridine rings is 1. The van der Waals surface area contributed by atoms with Gasteiger partial charge in [0.05, 0.1) is 31.7 Å². The molecule has 0 aliphatic rings. The number of aryl methyl sites for hydroxylation is 1. The molecule has 2 aromatic rings. The summed E-state index contributed by atoms with van der Waals surface area (Å²) in [5, 5.41) is 3.10. The first-order valence-corrected chi connectivity index (χ1v) is 8.55. The van der Waals surface area contributed by atoms with Crippen LogP contribution in [-0.2, 0) is 9.53 Å². The summed E-state index contributed by atoms with van der Waals surface area (Å²) in [6.07, 6.45) is 1.40. The Morgan fingerprint density at radius 3 is 2.65 bits per heavy atom. The van der Waals surface area contributed by atoms with Gasteiger partial charge in [0.1, 0.15) is 5.02 Å². The highest BCUT2D eigenvalue weighted by Crippen LogP contribution is 2.24. The van der Waals surface area contributed by atoms with Crippen LogP contribution in [0.2, 0.25) is 5.02 Å². The number of halogens is 1. The fraction of sp³-hybridized carbons (Fsp3) is 0.316. The van der Waals surface area contributed by atoms with Crippen molar-refractivity contribution in [2.75, 3.05) is 13.7 Å². The van der Waals surface area contributed by atoms with Crippen molar-refractivity contribution in [3.8, 4) is 5.88 Å². The van der Waals surface area contributed by atoms with Gasteiger partial charge in [-0.2, -0.15) is 0 Å². The molecule has 1 unspecified atom stereocenters. The molecule has 1 heterocycles. The van der Waals surface area contributed by atoms with Crippen molar-refractivity contribution in [3.05, 3.63) is 58.2 Å². The number of aromatic nitrogens is 1. The van der Waals surface area contributed by atoms with Crippen molar-refractivity contribution in [1.82, 2.24) is 10.3 Å². The normalized spacial score (nSPS) is 11.5. The number of methoxy groups -OCH3 is 1. The molecule has 1 atom stereocenters. The van der Waals surface area contributed by atoms with Gasteiger partial charge in [0, 0.05) is 6.20 Å². The molecule has 0 aliphatic heterocycles. The second-order valence-corrected chi connectivity index (χ2v) is 6.01.